The molecule has 0 fully saturated rings. The van der Waals surface area contributed by atoms with Crippen LogP contribution in [0.2, 0.25) is 0 Å². The van der Waals surface area contributed by atoms with Gasteiger partial charge in [-0.15, -0.1) is 0 Å². The van der Waals surface area contributed by atoms with Crippen LogP contribution in [0.25, 0.3) is 66.1 Å². The van der Waals surface area contributed by atoms with Gasteiger partial charge in [-0.05, 0) is 57.4 Å². The normalized spacial score (nSPS) is 17.2. The SMILES string of the molecule is [2H]c1c([2H])c([2H])c2c(c1[2H])Oc1c([2H])c([2H])c(-c3c([2H])c([2H])c([2H])c([2H])c3-c3cccc4oc5ccccc5c34)c3c([2H])c([2H])c([2H])c-2c13. The van der Waals surface area contributed by atoms with Crippen molar-refractivity contribution in [2.45, 2.75) is 0 Å². The number of ether oxygens (including phenoxy) is 1. The van der Waals surface area contributed by atoms with Gasteiger partial charge < -0.3 is 9.15 Å². The number of hydrogen-bond donors (Lipinski definition) is 0. The molecule has 6 aromatic carbocycles. The van der Waals surface area contributed by atoms with E-state index in [1.54, 1.807) is 42.5 Å². The van der Waals surface area contributed by atoms with E-state index in [-0.39, 0.29) is 44.3 Å². The lowest BCUT2D eigenvalue weighted by Crippen LogP contribution is -1.98. The van der Waals surface area contributed by atoms with E-state index in [1.165, 1.54) is 0 Å². The minimum absolute atomic E-state index is 0.0483. The summed E-state index contributed by atoms with van der Waals surface area (Å²) >= 11 is 0. The third-order valence-corrected chi connectivity index (χ3v) is 6.37. The van der Waals surface area contributed by atoms with Gasteiger partial charge in [0.1, 0.15) is 22.7 Å². The van der Waals surface area contributed by atoms with Gasteiger partial charge in [0, 0.05) is 21.7 Å². The highest BCUT2D eigenvalue weighted by Gasteiger charge is 2.22. The lowest BCUT2D eigenvalue weighted by Gasteiger charge is -2.23. The summed E-state index contributed by atoms with van der Waals surface area (Å²) in [6.07, 6.45) is 0. The Bertz CT molecular complexity index is 2680. The van der Waals surface area contributed by atoms with Crippen LogP contribution in [0, 0.1) is 0 Å². The fraction of sp³-hybridized carbons (Fsp3) is 0. The molecule has 0 radical (unpaired) electrons. The summed E-state index contributed by atoms with van der Waals surface area (Å²) in [6, 6.07) is 4.45. The molecule has 0 unspecified atom stereocenters. The number of hydrogen-bond acceptors (Lipinski definition) is 2. The summed E-state index contributed by atoms with van der Waals surface area (Å²) in [4.78, 5) is 0. The largest absolute Gasteiger partial charge is 0.456 e. The van der Waals surface area contributed by atoms with Crippen molar-refractivity contribution < 1.29 is 27.0 Å². The van der Waals surface area contributed by atoms with Gasteiger partial charge >= 0.3 is 0 Å². The summed E-state index contributed by atoms with van der Waals surface area (Å²) in [5.74, 6) is -0.768. The van der Waals surface area contributed by atoms with Crippen LogP contribution >= 0.6 is 0 Å². The van der Waals surface area contributed by atoms with Gasteiger partial charge in [0.25, 0.3) is 0 Å². The summed E-state index contributed by atoms with van der Waals surface area (Å²) in [5, 5.41) is 0.799. The maximum absolute atomic E-state index is 9.26. The maximum Gasteiger partial charge on any atom is 0.136 e. The fourth-order valence-corrected chi connectivity index (χ4v) is 4.86. The van der Waals surface area contributed by atoms with E-state index >= 15 is 0 Å². The van der Waals surface area contributed by atoms with Crippen molar-refractivity contribution in [3.05, 3.63) is 121 Å². The molecule has 0 amide bonds. The van der Waals surface area contributed by atoms with Gasteiger partial charge in [-0.3, -0.25) is 0 Å². The molecular weight excluding hydrogens is 440 g/mol. The Morgan fingerprint density at radius 3 is 2.11 bits per heavy atom. The van der Waals surface area contributed by atoms with Gasteiger partial charge in [0.15, 0.2) is 0 Å². The smallest absolute Gasteiger partial charge is 0.136 e. The molecule has 0 atom stereocenters. The molecule has 8 rings (SSSR count). The highest BCUT2D eigenvalue weighted by Crippen LogP contribution is 2.49. The Labute approximate surface area is 226 Å². The first kappa shape index (κ1) is 10.8. The van der Waals surface area contributed by atoms with Gasteiger partial charge in [-0.25, -0.2) is 0 Å². The van der Waals surface area contributed by atoms with E-state index in [4.69, 9.17) is 25.6 Å². The van der Waals surface area contributed by atoms with E-state index in [2.05, 4.69) is 0 Å². The number of furan rings is 1. The van der Waals surface area contributed by atoms with Crippen molar-refractivity contribution in [1.82, 2.24) is 0 Å². The molecule has 0 aliphatic carbocycles. The number of para-hydroxylation sites is 2. The first-order chi connectivity index (χ1) is 23.3. The third kappa shape index (κ3) is 2.67. The second-order valence-corrected chi connectivity index (χ2v) is 8.29. The summed E-state index contributed by atoms with van der Waals surface area (Å²) in [5.41, 5.74) is 0.245. The van der Waals surface area contributed by atoms with Gasteiger partial charge in [0.2, 0.25) is 0 Å². The van der Waals surface area contributed by atoms with Crippen LogP contribution in [0.15, 0.2) is 125 Å². The Morgan fingerprint density at radius 2 is 1.19 bits per heavy atom. The molecule has 2 heteroatoms. The summed E-state index contributed by atoms with van der Waals surface area (Å²) in [7, 11) is 0. The van der Waals surface area contributed by atoms with Crippen molar-refractivity contribution in [1.29, 1.82) is 0 Å². The molecule has 2 nitrogen and oxygen atoms in total. The highest BCUT2D eigenvalue weighted by molar-refractivity contribution is 6.15. The highest BCUT2D eigenvalue weighted by atomic mass is 16.5. The molecule has 1 aliphatic heterocycles. The van der Waals surface area contributed by atoms with Crippen LogP contribution in [0.1, 0.15) is 17.8 Å². The molecule has 36 heavy (non-hydrogen) atoms. The molecule has 2 heterocycles. The predicted octanol–water partition coefficient (Wildman–Crippen LogP) is 9.85. The minimum atomic E-state index is -0.655. The average molecular weight is 474 g/mol. The third-order valence-electron chi connectivity index (χ3n) is 6.37. The average Bonchev–Trinajstić information content (AvgIpc) is 3.49. The van der Waals surface area contributed by atoms with Crippen LogP contribution in [-0.2, 0) is 0 Å². The topological polar surface area (TPSA) is 22.4 Å². The van der Waals surface area contributed by atoms with Crippen molar-refractivity contribution in [3.63, 3.8) is 0 Å². The molecule has 0 spiro atoms. The first-order valence-corrected chi connectivity index (χ1v) is 11.1. The van der Waals surface area contributed by atoms with Crippen molar-refractivity contribution in [2.75, 3.05) is 0 Å². The van der Waals surface area contributed by atoms with E-state index in [0.717, 1.165) is 0 Å². The molecule has 0 N–H and O–H groups in total. The zero-order valence-electron chi connectivity index (χ0n) is 31.4. The van der Waals surface area contributed by atoms with Crippen LogP contribution in [0.4, 0.5) is 0 Å². The van der Waals surface area contributed by atoms with Crippen molar-refractivity contribution in [3.8, 4) is 44.9 Å². The lowest BCUT2D eigenvalue weighted by atomic mass is 9.87. The monoisotopic (exact) mass is 473 g/mol. The van der Waals surface area contributed by atoms with Gasteiger partial charge in [0.05, 0.1) is 17.8 Å². The fourth-order valence-electron chi connectivity index (χ4n) is 4.86. The summed E-state index contributed by atoms with van der Waals surface area (Å²) in [6.45, 7) is 0. The van der Waals surface area contributed by atoms with Gasteiger partial charge in [-0.1, -0.05) is 96.8 Å². The van der Waals surface area contributed by atoms with Crippen LogP contribution in [-0.4, -0.2) is 0 Å². The van der Waals surface area contributed by atoms with Gasteiger partial charge in [-0.2, -0.15) is 0 Å². The van der Waals surface area contributed by atoms with Crippen molar-refractivity contribution in [2.24, 2.45) is 0 Å². The second kappa shape index (κ2) is 7.34. The maximum atomic E-state index is 9.26. The number of rotatable bonds is 2. The second-order valence-electron chi connectivity index (χ2n) is 8.29. The molecular formula is C34H20O2. The van der Waals surface area contributed by atoms with E-state index < -0.39 is 84.3 Å². The minimum Gasteiger partial charge on any atom is -0.456 e. The zero-order chi connectivity index (χ0) is 35.0. The number of fused-ring (bicyclic) bond motifs is 5. The molecule has 1 aliphatic rings. The van der Waals surface area contributed by atoms with Crippen LogP contribution < -0.4 is 4.74 Å². The van der Waals surface area contributed by atoms with Crippen LogP contribution in [0.5, 0.6) is 11.5 Å². The number of benzene rings is 6. The Morgan fingerprint density at radius 1 is 0.444 bits per heavy atom. The summed E-state index contributed by atoms with van der Waals surface area (Å²) < 4.78 is 126. The molecule has 7 aromatic rings. The predicted molar refractivity (Wildman–Crippen MR) is 148 cm³/mol. The lowest BCUT2D eigenvalue weighted by molar-refractivity contribution is 0.487. The van der Waals surface area contributed by atoms with E-state index in [1.807, 2.05) is 0 Å². The molecule has 168 valence electrons. The Hall–Kier alpha value is -4.82. The standard InChI is InChI=1S/C34H20O2/c1-2-10-22(25-15-8-18-31-34(25)28-12-4-6-17-30(28)36-31)21(9-1)23-19-20-32-33-26(23)13-7-14-27(33)24-11-3-5-16-29(24)35-32/h1-20H/i1D,2D,3D,5D,7D,9D,10D,11D,13D,14D,16D,19D,20D. The molecule has 1 aromatic heterocycles. The Balaban J connectivity index is 1.62. The molecule has 0 saturated heterocycles. The molecule has 0 bridgehead atoms. The van der Waals surface area contributed by atoms with Crippen molar-refractivity contribution >= 4 is 32.7 Å². The molecule has 0 saturated carbocycles. The zero-order valence-corrected chi connectivity index (χ0v) is 18.4. The first-order valence-electron chi connectivity index (χ1n) is 17.6. The Kier molecular flexibility index (Phi) is 2.21. The van der Waals surface area contributed by atoms with E-state index in [0.29, 0.717) is 27.5 Å². The van der Waals surface area contributed by atoms with E-state index in [9.17, 15) is 1.37 Å². The quantitative estimate of drug-likeness (QED) is 0.249. The van der Waals surface area contributed by atoms with Crippen LogP contribution in [0.3, 0.4) is 0 Å².